The number of fused-ring (bicyclic) bond motifs is 1. The van der Waals surface area contributed by atoms with Gasteiger partial charge in [0.05, 0.1) is 36.4 Å². The zero-order chi connectivity index (χ0) is 16.7. The SMILES string of the molecule is Cc1cc(C)c2nc(Cl)c(C(=O)N3C(C)COCC3C)cc2c1. The maximum atomic E-state index is 13.0. The van der Waals surface area contributed by atoms with Gasteiger partial charge in [-0.25, -0.2) is 4.98 Å². The molecule has 2 heterocycles. The molecule has 1 amide bonds. The lowest BCUT2D eigenvalue weighted by atomic mass is 10.0. The van der Waals surface area contributed by atoms with Crippen LogP contribution in [0.1, 0.15) is 35.3 Å². The number of carbonyl (C=O) groups excluding carboxylic acids is 1. The first-order valence-electron chi connectivity index (χ1n) is 7.86. The molecule has 1 fully saturated rings. The molecular weight excluding hydrogens is 312 g/mol. The van der Waals surface area contributed by atoms with E-state index in [0.717, 1.165) is 22.0 Å². The van der Waals surface area contributed by atoms with Crippen molar-refractivity contribution in [2.24, 2.45) is 0 Å². The van der Waals surface area contributed by atoms with Crippen molar-refractivity contribution in [1.29, 1.82) is 0 Å². The van der Waals surface area contributed by atoms with E-state index in [9.17, 15) is 4.79 Å². The second kappa shape index (κ2) is 6.10. The number of aromatic nitrogens is 1. The van der Waals surface area contributed by atoms with Gasteiger partial charge in [-0.3, -0.25) is 4.79 Å². The van der Waals surface area contributed by atoms with Gasteiger partial charge in [0.1, 0.15) is 5.15 Å². The Labute approximate surface area is 141 Å². The van der Waals surface area contributed by atoms with Crippen LogP contribution >= 0.6 is 11.6 Å². The summed E-state index contributed by atoms with van der Waals surface area (Å²) in [5.74, 6) is -0.0770. The first kappa shape index (κ1) is 16.2. The Morgan fingerprint density at radius 3 is 2.52 bits per heavy atom. The second-order valence-corrected chi connectivity index (χ2v) is 6.79. The Morgan fingerprint density at radius 2 is 1.87 bits per heavy atom. The van der Waals surface area contributed by atoms with Gasteiger partial charge in [0.25, 0.3) is 5.91 Å². The van der Waals surface area contributed by atoms with Crippen molar-refractivity contribution in [3.05, 3.63) is 40.0 Å². The Hall–Kier alpha value is -1.65. The molecule has 1 aromatic carbocycles. The third-order valence-electron chi connectivity index (χ3n) is 4.34. The van der Waals surface area contributed by atoms with Crippen LogP contribution in [0.2, 0.25) is 5.15 Å². The zero-order valence-corrected chi connectivity index (χ0v) is 14.6. The van der Waals surface area contributed by atoms with Gasteiger partial charge in [-0.2, -0.15) is 0 Å². The van der Waals surface area contributed by atoms with Crippen LogP contribution in [0.25, 0.3) is 10.9 Å². The number of carbonyl (C=O) groups is 1. The highest BCUT2D eigenvalue weighted by Gasteiger charge is 2.31. The van der Waals surface area contributed by atoms with Gasteiger partial charge in [-0.15, -0.1) is 0 Å². The summed E-state index contributed by atoms with van der Waals surface area (Å²) < 4.78 is 5.50. The van der Waals surface area contributed by atoms with Crippen molar-refractivity contribution in [1.82, 2.24) is 9.88 Å². The number of aryl methyl sites for hydroxylation is 2. The van der Waals surface area contributed by atoms with Crippen LogP contribution in [0.5, 0.6) is 0 Å². The van der Waals surface area contributed by atoms with Crippen LogP contribution in [0.4, 0.5) is 0 Å². The summed E-state index contributed by atoms with van der Waals surface area (Å²) in [5.41, 5.74) is 3.52. The van der Waals surface area contributed by atoms with Crippen molar-refractivity contribution < 1.29 is 9.53 Å². The van der Waals surface area contributed by atoms with Gasteiger partial charge in [-0.1, -0.05) is 23.2 Å². The smallest absolute Gasteiger partial charge is 0.257 e. The van der Waals surface area contributed by atoms with Crippen molar-refractivity contribution in [3.8, 4) is 0 Å². The van der Waals surface area contributed by atoms with Gasteiger partial charge in [-0.05, 0) is 45.4 Å². The number of amides is 1. The van der Waals surface area contributed by atoms with E-state index in [2.05, 4.69) is 11.1 Å². The number of rotatable bonds is 1. The molecule has 1 aliphatic heterocycles. The predicted octanol–water partition coefficient (Wildman–Crippen LogP) is 3.75. The molecule has 2 atom stereocenters. The van der Waals surface area contributed by atoms with E-state index in [0.29, 0.717) is 18.8 Å². The fraction of sp³-hybridized carbons (Fsp3) is 0.444. The largest absolute Gasteiger partial charge is 0.377 e. The van der Waals surface area contributed by atoms with E-state index >= 15 is 0 Å². The van der Waals surface area contributed by atoms with Crippen molar-refractivity contribution in [2.45, 2.75) is 39.8 Å². The fourth-order valence-electron chi connectivity index (χ4n) is 3.32. The summed E-state index contributed by atoms with van der Waals surface area (Å²) in [4.78, 5) is 19.3. The molecule has 0 saturated carbocycles. The molecule has 1 saturated heterocycles. The standard InChI is InChI=1S/C18H21ClN2O2/c1-10-5-11(2)16-14(6-10)7-15(17(19)20-16)18(22)21-12(3)8-23-9-13(21)4/h5-7,12-13H,8-9H2,1-4H3. The molecule has 2 aromatic rings. The molecule has 5 heteroatoms. The van der Waals surface area contributed by atoms with E-state index in [1.807, 2.05) is 44.7 Å². The highest BCUT2D eigenvalue weighted by molar-refractivity contribution is 6.33. The monoisotopic (exact) mass is 332 g/mol. The average Bonchev–Trinajstić information content (AvgIpc) is 2.47. The summed E-state index contributed by atoms with van der Waals surface area (Å²) >= 11 is 6.33. The van der Waals surface area contributed by atoms with E-state index < -0.39 is 0 Å². The van der Waals surface area contributed by atoms with Gasteiger partial charge < -0.3 is 9.64 Å². The van der Waals surface area contributed by atoms with Crippen LogP contribution in [-0.2, 0) is 4.74 Å². The normalized spacial score (nSPS) is 21.7. The van der Waals surface area contributed by atoms with Crippen molar-refractivity contribution in [2.75, 3.05) is 13.2 Å². The minimum Gasteiger partial charge on any atom is -0.377 e. The molecule has 3 rings (SSSR count). The molecule has 0 N–H and O–H groups in total. The van der Waals surface area contributed by atoms with Crippen molar-refractivity contribution in [3.63, 3.8) is 0 Å². The topological polar surface area (TPSA) is 42.4 Å². The highest BCUT2D eigenvalue weighted by atomic mass is 35.5. The Bertz CT molecular complexity index is 765. The van der Waals surface area contributed by atoms with Crippen molar-refractivity contribution >= 4 is 28.4 Å². The Morgan fingerprint density at radius 1 is 1.22 bits per heavy atom. The third-order valence-corrected chi connectivity index (χ3v) is 4.63. The number of ether oxygens (including phenoxy) is 1. The molecule has 0 bridgehead atoms. The minimum absolute atomic E-state index is 0.0252. The van der Waals surface area contributed by atoms with E-state index in [4.69, 9.17) is 16.3 Å². The molecule has 122 valence electrons. The molecule has 0 spiro atoms. The van der Waals surface area contributed by atoms with Gasteiger partial charge in [0.15, 0.2) is 0 Å². The van der Waals surface area contributed by atoms with Crippen LogP contribution in [0.3, 0.4) is 0 Å². The Kier molecular flexibility index (Phi) is 4.30. The molecule has 4 nitrogen and oxygen atoms in total. The molecule has 1 aromatic heterocycles. The highest BCUT2D eigenvalue weighted by Crippen LogP contribution is 2.27. The quantitative estimate of drug-likeness (QED) is 0.747. The van der Waals surface area contributed by atoms with Crippen LogP contribution in [0.15, 0.2) is 18.2 Å². The van der Waals surface area contributed by atoms with Gasteiger partial charge in [0, 0.05) is 5.39 Å². The lowest BCUT2D eigenvalue weighted by molar-refractivity contribution is -0.0249. The molecule has 0 radical (unpaired) electrons. The summed E-state index contributed by atoms with van der Waals surface area (Å²) in [6.07, 6.45) is 0. The number of pyridine rings is 1. The predicted molar refractivity (Wildman–Crippen MR) is 92.1 cm³/mol. The molecule has 2 unspecified atom stereocenters. The summed E-state index contributed by atoms with van der Waals surface area (Å²) in [6, 6.07) is 6.02. The number of morpholine rings is 1. The summed E-state index contributed by atoms with van der Waals surface area (Å²) in [5, 5.41) is 1.21. The zero-order valence-electron chi connectivity index (χ0n) is 13.9. The minimum atomic E-state index is -0.0770. The van der Waals surface area contributed by atoms with Gasteiger partial charge >= 0.3 is 0 Å². The van der Waals surface area contributed by atoms with Gasteiger partial charge in [0.2, 0.25) is 0 Å². The summed E-state index contributed by atoms with van der Waals surface area (Å²) in [6.45, 7) is 9.12. The second-order valence-electron chi connectivity index (χ2n) is 6.43. The maximum absolute atomic E-state index is 13.0. The number of benzene rings is 1. The number of hydrogen-bond donors (Lipinski definition) is 0. The third kappa shape index (κ3) is 2.93. The molecule has 23 heavy (non-hydrogen) atoms. The first-order valence-corrected chi connectivity index (χ1v) is 8.24. The van der Waals surface area contributed by atoms with E-state index in [-0.39, 0.29) is 23.1 Å². The fourth-order valence-corrected chi connectivity index (χ4v) is 3.54. The first-order chi connectivity index (χ1) is 10.9. The lowest BCUT2D eigenvalue weighted by Crippen LogP contribution is -2.52. The number of hydrogen-bond acceptors (Lipinski definition) is 3. The molecule has 0 aliphatic carbocycles. The lowest BCUT2D eigenvalue weighted by Gasteiger charge is -2.38. The number of nitrogens with zero attached hydrogens (tertiary/aromatic N) is 2. The van der Waals surface area contributed by atoms with Crippen LogP contribution < -0.4 is 0 Å². The summed E-state index contributed by atoms with van der Waals surface area (Å²) in [7, 11) is 0. The Balaban J connectivity index is 2.08. The molecule has 1 aliphatic rings. The number of halogens is 1. The van der Waals surface area contributed by atoms with E-state index in [1.165, 1.54) is 0 Å². The average molecular weight is 333 g/mol. The van der Waals surface area contributed by atoms with Crippen LogP contribution in [0, 0.1) is 13.8 Å². The molecular formula is C18H21ClN2O2. The van der Waals surface area contributed by atoms with Crippen LogP contribution in [-0.4, -0.2) is 41.1 Å². The van der Waals surface area contributed by atoms with E-state index in [1.54, 1.807) is 0 Å². The maximum Gasteiger partial charge on any atom is 0.257 e.